The van der Waals surface area contributed by atoms with Gasteiger partial charge in [0.25, 0.3) is 0 Å². The molecule has 0 radical (unpaired) electrons. The van der Waals surface area contributed by atoms with Gasteiger partial charge in [0.15, 0.2) is 6.61 Å². The lowest BCUT2D eigenvalue weighted by atomic mass is 10.1. The summed E-state index contributed by atoms with van der Waals surface area (Å²) < 4.78 is 12.7. The first-order chi connectivity index (χ1) is 12.3. The van der Waals surface area contributed by atoms with Crippen molar-refractivity contribution in [3.8, 4) is 11.8 Å². The van der Waals surface area contributed by atoms with Crippen molar-refractivity contribution in [1.82, 2.24) is 4.40 Å². The largest absolute Gasteiger partial charge is 0.479 e. The first kappa shape index (κ1) is 16.6. The molecular formula is C20H18N2O3. The maximum atomic E-state index is 12.6. The predicted octanol–water partition coefficient (Wildman–Crippen LogP) is 4.12. The smallest absolute Gasteiger partial charge is 0.340 e. The fourth-order valence-electron chi connectivity index (χ4n) is 2.80. The van der Waals surface area contributed by atoms with Crippen LogP contribution in [-0.4, -0.2) is 23.6 Å². The molecule has 2 aromatic heterocycles. The molecule has 0 saturated heterocycles. The van der Waals surface area contributed by atoms with E-state index in [4.69, 9.17) is 14.7 Å². The van der Waals surface area contributed by atoms with Gasteiger partial charge in [-0.1, -0.05) is 18.2 Å². The quantitative estimate of drug-likeness (QED) is 0.386. The standard InChI is InChI=1S/C20H18N2O3/c1-2-3-6-12-25-20(23)19-16-9-8-15(24-13-10-21)14-18(16)22-11-5-4-7-17(19)22/h2-5,7-9,11,14H,6,12-13H2,1H3. The van der Waals surface area contributed by atoms with E-state index in [1.54, 1.807) is 6.07 Å². The highest BCUT2D eigenvalue weighted by atomic mass is 16.5. The Hall–Kier alpha value is -3.26. The Kier molecular flexibility index (Phi) is 5.00. The lowest BCUT2D eigenvalue weighted by Gasteiger charge is -2.03. The first-order valence-electron chi connectivity index (χ1n) is 8.07. The van der Waals surface area contributed by atoms with Crippen LogP contribution in [-0.2, 0) is 4.74 Å². The van der Waals surface area contributed by atoms with Crippen molar-refractivity contribution in [3.63, 3.8) is 0 Å². The molecule has 0 fully saturated rings. The normalized spacial score (nSPS) is 11.0. The molecule has 0 saturated carbocycles. The molecule has 2 heterocycles. The zero-order valence-corrected chi connectivity index (χ0v) is 13.9. The monoisotopic (exact) mass is 334 g/mol. The SMILES string of the molecule is CC=CCCOC(=O)c1c2ccc(OCC#N)cc2n2ccccc12. The van der Waals surface area contributed by atoms with Crippen molar-refractivity contribution < 1.29 is 14.3 Å². The van der Waals surface area contributed by atoms with Crippen molar-refractivity contribution in [3.05, 3.63) is 60.3 Å². The van der Waals surface area contributed by atoms with E-state index >= 15 is 0 Å². The second-order valence-corrected chi connectivity index (χ2v) is 5.45. The van der Waals surface area contributed by atoms with Crippen LogP contribution in [0.1, 0.15) is 23.7 Å². The molecule has 5 heteroatoms. The van der Waals surface area contributed by atoms with Gasteiger partial charge >= 0.3 is 5.97 Å². The van der Waals surface area contributed by atoms with Crippen LogP contribution in [0.25, 0.3) is 16.4 Å². The average Bonchev–Trinajstić information content (AvgIpc) is 2.97. The van der Waals surface area contributed by atoms with Crippen LogP contribution in [0.15, 0.2) is 54.7 Å². The predicted molar refractivity (Wildman–Crippen MR) is 95.7 cm³/mol. The van der Waals surface area contributed by atoms with E-state index in [-0.39, 0.29) is 12.6 Å². The summed E-state index contributed by atoms with van der Waals surface area (Å²) in [5, 5.41) is 9.46. The Morgan fingerprint density at radius 2 is 2.16 bits per heavy atom. The molecular weight excluding hydrogens is 316 g/mol. The number of ether oxygens (including phenoxy) is 2. The number of aromatic nitrogens is 1. The number of hydrogen-bond acceptors (Lipinski definition) is 4. The van der Waals surface area contributed by atoms with Crippen LogP contribution in [0, 0.1) is 11.3 Å². The summed E-state index contributed by atoms with van der Waals surface area (Å²) >= 11 is 0. The van der Waals surface area contributed by atoms with Crippen LogP contribution in [0.3, 0.4) is 0 Å². The third-order valence-corrected chi connectivity index (χ3v) is 3.87. The van der Waals surface area contributed by atoms with Crippen molar-refractivity contribution >= 4 is 22.4 Å². The van der Waals surface area contributed by atoms with Crippen LogP contribution < -0.4 is 4.74 Å². The number of hydrogen-bond donors (Lipinski definition) is 0. The third-order valence-electron chi connectivity index (χ3n) is 3.87. The zero-order valence-electron chi connectivity index (χ0n) is 13.9. The average molecular weight is 334 g/mol. The van der Waals surface area contributed by atoms with Crippen molar-refractivity contribution in [1.29, 1.82) is 5.26 Å². The molecule has 0 amide bonds. The van der Waals surface area contributed by atoms with E-state index in [1.165, 1.54) is 0 Å². The van der Waals surface area contributed by atoms with E-state index in [2.05, 4.69) is 0 Å². The Morgan fingerprint density at radius 1 is 1.28 bits per heavy atom. The number of nitriles is 1. The highest BCUT2D eigenvalue weighted by Gasteiger charge is 2.19. The Bertz CT molecular complexity index is 980. The highest BCUT2D eigenvalue weighted by molar-refractivity contribution is 6.11. The summed E-state index contributed by atoms with van der Waals surface area (Å²) in [6.07, 6.45) is 6.47. The summed E-state index contributed by atoms with van der Waals surface area (Å²) in [7, 11) is 0. The van der Waals surface area contributed by atoms with E-state index in [9.17, 15) is 4.79 Å². The van der Waals surface area contributed by atoms with Gasteiger partial charge in [-0.05, 0) is 37.6 Å². The van der Waals surface area contributed by atoms with E-state index in [0.717, 1.165) is 16.4 Å². The Morgan fingerprint density at radius 3 is 2.96 bits per heavy atom. The molecule has 3 rings (SSSR count). The third kappa shape index (κ3) is 3.33. The second kappa shape index (κ2) is 7.54. The van der Waals surface area contributed by atoms with Crippen LogP contribution in [0.4, 0.5) is 0 Å². The molecule has 0 bridgehead atoms. The van der Waals surface area contributed by atoms with Gasteiger partial charge in [-0.3, -0.25) is 0 Å². The van der Waals surface area contributed by atoms with Gasteiger partial charge in [-0.25, -0.2) is 4.79 Å². The molecule has 5 nitrogen and oxygen atoms in total. The molecule has 126 valence electrons. The number of nitrogens with zero attached hydrogens (tertiary/aromatic N) is 2. The van der Waals surface area contributed by atoms with Gasteiger partial charge in [0.05, 0.1) is 23.2 Å². The number of carbonyl (C=O) groups excluding carboxylic acids is 1. The zero-order chi connectivity index (χ0) is 17.6. The molecule has 0 aliphatic rings. The number of carbonyl (C=O) groups is 1. The fraction of sp³-hybridized carbons (Fsp3) is 0.200. The van der Waals surface area contributed by atoms with Gasteiger partial charge in [-0.2, -0.15) is 5.26 Å². The van der Waals surface area contributed by atoms with Gasteiger partial charge in [0.1, 0.15) is 11.8 Å². The van der Waals surface area contributed by atoms with Gasteiger partial charge in [0, 0.05) is 17.6 Å². The van der Waals surface area contributed by atoms with Crippen molar-refractivity contribution in [2.24, 2.45) is 0 Å². The Labute approximate surface area is 145 Å². The molecule has 0 atom stereocenters. The van der Waals surface area contributed by atoms with Gasteiger partial charge < -0.3 is 13.9 Å². The van der Waals surface area contributed by atoms with E-state index in [1.807, 2.05) is 66.1 Å². The highest BCUT2D eigenvalue weighted by Crippen LogP contribution is 2.30. The number of pyridine rings is 1. The molecule has 0 aliphatic carbocycles. The summed E-state index contributed by atoms with van der Waals surface area (Å²) in [6.45, 7) is 2.26. The minimum absolute atomic E-state index is 0.0192. The van der Waals surface area contributed by atoms with Gasteiger partial charge in [0.2, 0.25) is 0 Å². The fourth-order valence-corrected chi connectivity index (χ4v) is 2.80. The van der Waals surface area contributed by atoms with E-state index in [0.29, 0.717) is 24.3 Å². The molecule has 0 unspecified atom stereocenters. The van der Waals surface area contributed by atoms with Gasteiger partial charge in [-0.15, -0.1) is 0 Å². The Balaban J connectivity index is 2.04. The second-order valence-electron chi connectivity index (χ2n) is 5.45. The maximum Gasteiger partial charge on any atom is 0.340 e. The van der Waals surface area contributed by atoms with Crippen LogP contribution >= 0.6 is 0 Å². The lowest BCUT2D eigenvalue weighted by Crippen LogP contribution is -2.06. The summed E-state index contributed by atoms with van der Waals surface area (Å²) in [5.41, 5.74) is 2.17. The molecule has 0 spiro atoms. The van der Waals surface area contributed by atoms with Crippen molar-refractivity contribution in [2.45, 2.75) is 13.3 Å². The molecule has 1 aromatic carbocycles. The van der Waals surface area contributed by atoms with Crippen molar-refractivity contribution in [2.75, 3.05) is 13.2 Å². The summed E-state index contributed by atoms with van der Waals surface area (Å²) in [4.78, 5) is 12.6. The number of rotatable bonds is 6. The van der Waals surface area contributed by atoms with E-state index < -0.39 is 0 Å². The first-order valence-corrected chi connectivity index (χ1v) is 8.07. The molecule has 25 heavy (non-hydrogen) atoms. The van der Waals surface area contributed by atoms with Crippen LogP contribution in [0.2, 0.25) is 0 Å². The lowest BCUT2D eigenvalue weighted by molar-refractivity contribution is 0.0516. The summed E-state index contributed by atoms with van der Waals surface area (Å²) in [6, 6.07) is 13.0. The molecule has 3 aromatic rings. The minimum Gasteiger partial charge on any atom is -0.479 e. The number of esters is 1. The molecule has 0 aliphatic heterocycles. The van der Waals surface area contributed by atoms with Crippen LogP contribution in [0.5, 0.6) is 5.75 Å². The number of fused-ring (bicyclic) bond motifs is 3. The number of benzene rings is 1. The number of allylic oxidation sites excluding steroid dienone is 1. The topological polar surface area (TPSA) is 63.7 Å². The summed E-state index contributed by atoms with van der Waals surface area (Å²) in [5.74, 6) is 0.249. The minimum atomic E-state index is -0.339. The molecule has 0 N–H and O–H groups in total. The maximum absolute atomic E-state index is 12.6.